The fourth-order valence-corrected chi connectivity index (χ4v) is 3.15. The fraction of sp³-hybridized carbons (Fsp3) is 0.0870. The van der Waals surface area contributed by atoms with Crippen LogP contribution >= 0.6 is 0 Å². The van der Waals surface area contributed by atoms with Crippen LogP contribution in [0.2, 0.25) is 0 Å². The molecule has 0 unspecified atom stereocenters. The van der Waals surface area contributed by atoms with Crippen LogP contribution in [-0.2, 0) is 4.79 Å². The summed E-state index contributed by atoms with van der Waals surface area (Å²) < 4.78 is 13.1. The second-order valence-electron chi connectivity index (χ2n) is 6.45. The van der Waals surface area contributed by atoms with E-state index in [1.807, 2.05) is 60.7 Å². The van der Waals surface area contributed by atoms with Crippen molar-refractivity contribution in [3.05, 3.63) is 71.9 Å². The Hall–Kier alpha value is -4.31. The Labute approximate surface area is 172 Å². The first-order chi connectivity index (χ1) is 14.6. The van der Waals surface area contributed by atoms with E-state index in [0.717, 1.165) is 11.1 Å². The normalized spacial score (nSPS) is 11.3. The van der Waals surface area contributed by atoms with Gasteiger partial charge in [0.2, 0.25) is 0 Å². The van der Waals surface area contributed by atoms with Crippen molar-refractivity contribution >= 4 is 23.0 Å². The number of aromatic nitrogens is 2. The largest absolute Gasteiger partial charge is 0.493 e. The number of nitrogens with zero attached hydrogens (tertiary/aromatic N) is 3. The third kappa shape index (κ3) is 3.42. The fourth-order valence-electron chi connectivity index (χ4n) is 3.15. The average Bonchev–Trinajstić information content (AvgIpc) is 3.41. The van der Waals surface area contributed by atoms with E-state index in [-0.39, 0.29) is 5.57 Å². The number of carbonyl (C=O) groups is 1. The molecule has 2 aromatic heterocycles. The zero-order valence-electron chi connectivity index (χ0n) is 16.4. The topological polar surface area (TPSA) is 93.1 Å². The molecule has 7 nitrogen and oxygen atoms in total. The molecule has 0 spiro atoms. The number of likely N-dealkylation sites (N-methyl/N-ethyl adjacent to an activating group) is 1. The third-order valence-corrected chi connectivity index (χ3v) is 4.62. The summed E-state index contributed by atoms with van der Waals surface area (Å²) in [4.78, 5) is 12.0. The van der Waals surface area contributed by atoms with E-state index in [9.17, 15) is 10.1 Å². The number of methoxy groups -OCH3 is 1. The summed E-state index contributed by atoms with van der Waals surface area (Å²) in [6, 6.07) is 19.0. The van der Waals surface area contributed by atoms with Crippen molar-refractivity contribution in [3.8, 4) is 29.0 Å². The molecule has 2 heterocycles. The van der Waals surface area contributed by atoms with E-state index in [1.165, 1.54) is 13.1 Å². The lowest BCUT2D eigenvalue weighted by Gasteiger charge is -1.99. The Morgan fingerprint density at radius 1 is 1.23 bits per heavy atom. The molecule has 0 fully saturated rings. The van der Waals surface area contributed by atoms with Crippen molar-refractivity contribution in [2.24, 2.45) is 0 Å². The summed E-state index contributed by atoms with van der Waals surface area (Å²) in [5, 5.41) is 17.4. The number of para-hydroxylation sites is 2. The quantitative estimate of drug-likeness (QED) is 0.406. The Morgan fingerprint density at radius 3 is 2.73 bits per heavy atom. The van der Waals surface area contributed by atoms with Gasteiger partial charge in [-0.2, -0.15) is 10.4 Å². The van der Waals surface area contributed by atoms with Crippen LogP contribution in [0.15, 0.2) is 70.8 Å². The van der Waals surface area contributed by atoms with Gasteiger partial charge in [0.15, 0.2) is 17.1 Å². The molecule has 0 aliphatic carbocycles. The Balaban J connectivity index is 1.92. The van der Waals surface area contributed by atoms with Crippen molar-refractivity contribution in [3.63, 3.8) is 0 Å². The molecule has 0 aliphatic rings. The predicted octanol–water partition coefficient (Wildman–Crippen LogP) is 3.95. The summed E-state index contributed by atoms with van der Waals surface area (Å²) in [7, 11) is 3.06. The molecule has 30 heavy (non-hydrogen) atoms. The third-order valence-electron chi connectivity index (χ3n) is 4.62. The van der Waals surface area contributed by atoms with Crippen molar-refractivity contribution in [2.75, 3.05) is 14.2 Å². The minimum Gasteiger partial charge on any atom is -0.493 e. The molecule has 0 atom stereocenters. The summed E-state index contributed by atoms with van der Waals surface area (Å²) in [5.41, 5.74) is 2.50. The van der Waals surface area contributed by atoms with Gasteiger partial charge < -0.3 is 14.5 Å². The van der Waals surface area contributed by atoms with E-state index in [4.69, 9.17) is 9.15 Å². The van der Waals surface area contributed by atoms with Gasteiger partial charge in [0, 0.05) is 24.2 Å². The number of rotatable bonds is 5. The molecule has 7 heteroatoms. The number of benzene rings is 2. The Kier molecular flexibility index (Phi) is 5.06. The van der Waals surface area contributed by atoms with Gasteiger partial charge in [0.05, 0.1) is 12.8 Å². The first kappa shape index (κ1) is 19.0. The molecule has 2 aromatic carbocycles. The highest BCUT2D eigenvalue weighted by Crippen LogP contribution is 2.35. The van der Waals surface area contributed by atoms with E-state index in [1.54, 1.807) is 18.0 Å². The predicted molar refractivity (Wildman–Crippen MR) is 113 cm³/mol. The molecular weight excluding hydrogens is 380 g/mol. The summed E-state index contributed by atoms with van der Waals surface area (Å²) in [5.74, 6) is 0.647. The van der Waals surface area contributed by atoms with E-state index in [0.29, 0.717) is 28.4 Å². The average molecular weight is 398 g/mol. The zero-order chi connectivity index (χ0) is 21.1. The van der Waals surface area contributed by atoms with Crippen LogP contribution in [-0.4, -0.2) is 29.8 Å². The molecule has 148 valence electrons. The number of nitrogens with one attached hydrogen (secondary N) is 1. The molecule has 4 rings (SSSR count). The van der Waals surface area contributed by atoms with Gasteiger partial charge in [-0.25, -0.2) is 4.68 Å². The monoisotopic (exact) mass is 398 g/mol. The zero-order valence-corrected chi connectivity index (χ0v) is 16.4. The van der Waals surface area contributed by atoms with Gasteiger partial charge in [-0.05, 0) is 30.3 Å². The summed E-state index contributed by atoms with van der Waals surface area (Å²) >= 11 is 0. The van der Waals surface area contributed by atoms with Gasteiger partial charge in [0.25, 0.3) is 5.91 Å². The van der Waals surface area contributed by atoms with Gasteiger partial charge in [-0.15, -0.1) is 0 Å². The lowest BCUT2D eigenvalue weighted by atomic mass is 10.1. The number of amides is 1. The molecule has 0 saturated heterocycles. The van der Waals surface area contributed by atoms with Crippen molar-refractivity contribution in [1.82, 2.24) is 15.1 Å². The smallest absolute Gasteiger partial charge is 0.261 e. The second-order valence-corrected chi connectivity index (χ2v) is 6.45. The molecule has 1 N–H and O–H groups in total. The van der Waals surface area contributed by atoms with Crippen molar-refractivity contribution in [1.29, 1.82) is 5.26 Å². The number of carbonyl (C=O) groups excluding carboxylic acids is 1. The van der Waals surface area contributed by atoms with Crippen molar-refractivity contribution < 1.29 is 13.9 Å². The second kappa shape index (κ2) is 7.97. The number of hydrogen-bond donors (Lipinski definition) is 1. The first-order valence-corrected chi connectivity index (χ1v) is 9.20. The van der Waals surface area contributed by atoms with Crippen LogP contribution in [0.25, 0.3) is 34.2 Å². The maximum absolute atomic E-state index is 12.0. The summed E-state index contributed by atoms with van der Waals surface area (Å²) in [6.07, 6.45) is 3.26. The minimum atomic E-state index is -0.470. The molecular formula is C23H18N4O3. The highest BCUT2D eigenvalue weighted by Gasteiger charge is 2.18. The van der Waals surface area contributed by atoms with Crippen LogP contribution in [0, 0.1) is 11.3 Å². The van der Waals surface area contributed by atoms with E-state index in [2.05, 4.69) is 10.4 Å². The number of hydrogen-bond acceptors (Lipinski definition) is 5. The molecule has 0 saturated carbocycles. The minimum absolute atomic E-state index is 0.0277. The van der Waals surface area contributed by atoms with Crippen LogP contribution in [0.5, 0.6) is 5.75 Å². The summed E-state index contributed by atoms with van der Waals surface area (Å²) in [6.45, 7) is 0. The van der Waals surface area contributed by atoms with Crippen LogP contribution in [0.1, 0.15) is 5.56 Å². The first-order valence-electron chi connectivity index (χ1n) is 9.20. The SMILES string of the molecule is CNC(=O)/C(C#N)=C/c1cn(-c2ccccc2)nc1-c1cc2cccc(OC)c2o1. The lowest BCUT2D eigenvalue weighted by Crippen LogP contribution is -2.19. The van der Waals surface area contributed by atoms with Crippen molar-refractivity contribution in [2.45, 2.75) is 0 Å². The molecule has 1 amide bonds. The molecule has 0 aliphatic heterocycles. The number of ether oxygens (including phenoxy) is 1. The van der Waals surface area contributed by atoms with Gasteiger partial charge in [-0.3, -0.25) is 4.79 Å². The highest BCUT2D eigenvalue weighted by molar-refractivity contribution is 6.02. The van der Waals surface area contributed by atoms with Gasteiger partial charge in [-0.1, -0.05) is 30.3 Å². The van der Waals surface area contributed by atoms with Crippen LogP contribution in [0.3, 0.4) is 0 Å². The maximum atomic E-state index is 12.0. The van der Waals surface area contributed by atoms with Crippen LogP contribution in [0.4, 0.5) is 0 Å². The van der Waals surface area contributed by atoms with Gasteiger partial charge >= 0.3 is 0 Å². The lowest BCUT2D eigenvalue weighted by molar-refractivity contribution is -0.116. The Morgan fingerprint density at radius 2 is 2.03 bits per heavy atom. The molecule has 4 aromatic rings. The van der Waals surface area contributed by atoms with E-state index < -0.39 is 5.91 Å². The Bertz CT molecular complexity index is 1290. The van der Waals surface area contributed by atoms with Crippen LogP contribution < -0.4 is 10.1 Å². The highest BCUT2D eigenvalue weighted by atomic mass is 16.5. The number of fused-ring (bicyclic) bond motifs is 1. The van der Waals surface area contributed by atoms with Gasteiger partial charge in [0.1, 0.15) is 17.3 Å². The number of nitriles is 1. The molecule has 0 radical (unpaired) electrons. The van der Waals surface area contributed by atoms with E-state index >= 15 is 0 Å². The number of furan rings is 1. The molecule has 0 bridgehead atoms. The maximum Gasteiger partial charge on any atom is 0.261 e. The standard InChI is InChI=1S/C23H18N4O3/c1-25-23(28)16(13-24)11-17-14-27(18-8-4-3-5-9-18)26-21(17)20-12-15-7-6-10-19(29-2)22(15)30-20/h3-12,14H,1-2H3,(H,25,28)/b16-11+.